The summed E-state index contributed by atoms with van der Waals surface area (Å²) in [5.41, 5.74) is 1.61. The van der Waals surface area contributed by atoms with Crippen molar-refractivity contribution in [3.05, 3.63) is 12.7 Å². The highest BCUT2D eigenvalue weighted by Crippen LogP contribution is 2.23. The summed E-state index contributed by atoms with van der Waals surface area (Å²) in [6.45, 7) is 17.1. The first-order valence-corrected chi connectivity index (χ1v) is 11.1. The molecule has 0 radical (unpaired) electrons. The van der Waals surface area contributed by atoms with E-state index >= 15 is 0 Å². The molecule has 0 aliphatic rings. The largest absolute Gasteiger partial charge is 0.390 e. The van der Waals surface area contributed by atoms with Crippen LogP contribution in [0.4, 0.5) is 5.82 Å². The van der Waals surface area contributed by atoms with Crippen molar-refractivity contribution in [2.24, 2.45) is 0 Å². The number of anilines is 1. The van der Waals surface area contributed by atoms with Crippen molar-refractivity contribution in [3.63, 3.8) is 0 Å². The van der Waals surface area contributed by atoms with Gasteiger partial charge in [-0.3, -0.25) is 0 Å². The maximum absolute atomic E-state index is 10.3. The summed E-state index contributed by atoms with van der Waals surface area (Å²) in [5.74, 6) is 0.683. The maximum atomic E-state index is 10.3. The van der Waals surface area contributed by atoms with Crippen LogP contribution in [0.5, 0.6) is 0 Å². The zero-order chi connectivity index (χ0) is 21.2. The highest BCUT2D eigenvalue weighted by Gasteiger charge is 2.16. The van der Waals surface area contributed by atoms with E-state index in [-0.39, 0.29) is 12.4 Å². The third-order valence-corrected chi connectivity index (χ3v) is 5.69. The van der Waals surface area contributed by atoms with Crippen LogP contribution in [0.25, 0.3) is 11.2 Å². The molecule has 0 aromatic carbocycles. The van der Waals surface area contributed by atoms with Crippen LogP contribution in [0, 0.1) is 0 Å². The van der Waals surface area contributed by atoms with Crippen LogP contribution in [0.2, 0.25) is 0 Å². The number of imidazole rings is 1. The first-order chi connectivity index (χ1) is 14.0. The van der Waals surface area contributed by atoms with Gasteiger partial charge in [-0.15, -0.1) is 12.4 Å². The minimum atomic E-state index is -0.457. The van der Waals surface area contributed by atoms with Crippen LogP contribution in [0.3, 0.4) is 0 Å². The maximum Gasteiger partial charge on any atom is 0.165 e. The highest BCUT2D eigenvalue weighted by molar-refractivity contribution is 5.85. The summed E-state index contributed by atoms with van der Waals surface area (Å²) in [5, 5.41) is 13.6. The van der Waals surface area contributed by atoms with Gasteiger partial charge in [-0.1, -0.05) is 27.7 Å². The molecule has 2 N–H and O–H groups in total. The molecule has 0 saturated carbocycles. The average Bonchev–Trinajstić information content (AvgIpc) is 3.18. The molecule has 0 saturated heterocycles. The highest BCUT2D eigenvalue weighted by atomic mass is 35.5. The van der Waals surface area contributed by atoms with Crippen LogP contribution < -0.4 is 5.32 Å². The minimum absolute atomic E-state index is 0. The van der Waals surface area contributed by atoms with Crippen LogP contribution in [-0.2, 0) is 0 Å². The van der Waals surface area contributed by atoms with E-state index in [1.165, 1.54) is 0 Å². The standard InChI is InChI=1S/C21H39N7O.ClH/c1-6-26(7-2)12-10-11-17(5)28-16-25-19-20(23-15-24-21(19)28)22-13-18(29)14-27(8-3)9-4;/h15-18,29H,6-14H2,1-5H3,(H,22,23,24);1H. The van der Waals surface area contributed by atoms with Gasteiger partial charge in [0.15, 0.2) is 11.5 Å². The van der Waals surface area contributed by atoms with Gasteiger partial charge in [0.2, 0.25) is 0 Å². The second-order valence-corrected chi connectivity index (χ2v) is 7.59. The Morgan fingerprint density at radius 3 is 2.33 bits per heavy atom. The molecule has 2 aromatic heterocycles. The van der Waals surface area contributed by atoms with Crippen LogP contribution in [-0.4, -0.2) is 86.3 Å². The third kappa shape index (κ3) is 7.34. The fourth-order valence-corrected chi connectivity index (χ4v) is 3.65. The molecule has 0 amide bonds. The van der Waals surface area contributed by atoms with Gasteiger partial charge < -0.3 is 24.8 Å². The second-order valence-electron chi connectivity index (χ2n) is 7.59. The second kappa shape index (κ2) is 13.7. The lowest BCUT2D eigenvalue weighted by Crippen LogP contribution is -2.36. The molecule has 0 fully saturated rings. The first-order valence-electron chi connectivity index (χ1n) is 11.1. The number of aliphatic hydroxyl groups is 1. The van der Waals surface area contributed by atoms with E-state index in [2.05, 4.69) is 69.3 Å². The molecule has 172 valence electrons. The van der Waals surface area contributed by atoms with Crippen molar-refractivity contribution in [2.45, 2.75) is 59.6 Å². The average molecular weight is 442 g/mol. The number of halogens is 1. The van der Waals surface area contributed by atoms with Crippen molar-refractivity contribution in [3.8, 4) is 0 Å². The number of rotatable bonds is 14. The number of hydrogen-bond acceptors (Lipinski definition) is 7. The van der Waals surface area contributed by atoms with E-state index < -0.39 is 6.10 Å². The van der Waals surface area contributed by atoms with Gasteiger partial charge >= 0.3 is 0 Å². The molecule has 0 aliphatic heterocycles. The molecular formula is C21H40ClN7O. The number of nitrogens with zero attached hydrogens (tertiary/aromatic N) is 6. The van der Waals surface area contributed by atoms with E-state index in [0.717, 1.165) is 56.7 Å². The predicted octanol–water partition coefficient (Wildman–Crippen LogP) is 3.05. The molecule has 2 heterocycles. The Labute approximate surface area is 187 Å². The number of aromatic nitrogens is 4. The van der Waals surface area contributed by atoms with Gasteiger partial charge in [-0.25, -0.2) is 15.0 Å². The van der Waals surface area contributed by atoms with Crippen LogP contribution in [0.1, 0.15) is 53.5 Å². The molecule has 2 rings (SSSR count). The number of fused-ring (bicyclic) bond motifs is 1. The molecular weight excluding hydrogens is 402 g/mol. The smallest absolute Gasteiger partial charge is 0.165 e. The van der Waals surface area contributed by atoms with Gasteiger partial charge in [-0.2, -0.15) is 0 Å². The SMILES string of the molecule is CCN(CC)CCCC(C)n1cnc2c(NCC(O)CN(CC)CC)ncnc21.Cl. The Balaban J connectivity index is 0.00000450. The molecule has 9 heteroatoms. The first kappa shape index (κ1) is 26.6. The van der Waals surface area contributed by atoms with E-state index in [1.807, 2.05) is 6.33 Å². The molecule has 0 spiro atoms. The lowest BCUT2D eigenvalue weighted by molar-refractivity contribution is 0.128. The lowest BCUT2D eigenvalue weighted by atomic mass is 10.1. The third-order valence-electron chi connectivity index (χ3n) is 5.69. The summed E-state index contributed by atoms with van der Waals surface area (Å²) in [4.78, 5) is 18.0. The molecule has 30 heavy (non-hydrogen) atoms. The fourth-order valence-electron chi connectivity index (χ4n) is 3.65. The summed E-state index contributed by atoms with van der Waals surface area (Å²) in [6.07, 6.45) is 5.20. The molecule has 0 aliphatic carbocycles. The Bertz CT molecular complexity index is 718. The van der Waals surface area contributed by atoms with Gasteiger partial charge in [0, 0.05) is 19.1 Å². The monoisotopic (exact) mass is 441 g/mol. The van der Waals surface area contributed by atoms with Crippen LogP contribution >= 0.6 is 12.4 Å². The van der Waals surface area contributed by atoms with Gasteiger partial charge in [0.25, 0.3) is 0 Å². The number of likely N-dealkylation sites (N-methyl/N-ethyl adjacent to an activating group) is 1. The summed E-state index contributed by atoms with van der Waals surface area (Å²) >= 11 is 0. The van der Waals surface area contributed by atoms with E-state index in [1.54, 1.807) is 6.33 Å². The molecule has 0 bridgehead atoms. The summed E-state index contributed by atoms with van der Waals surface area (Å²) in [6, 6.07) is 0.326. The van der Waals surface area contributed by atoms with E-state index in [4.69, 9.17) is 0 Å². The topological polar surface area (TPSA) is 82.3 Å². The van der Waals surface area contributed by atoms with E-state index in [9.17, 15) is 5.11 Å². The molecule has 2 aromatic rings. The van der Waals surface area contributed by atoms with Gasteiger partial charge in [0.1, 0.15) is 11.8 Å². The van der Waals surface area contributed by atoms with Crippen molar-refractivity contribution in [2.75, 3.05) is 51.1 Å². The number of nitrogens with one attached hydrogen (secondary N) is 1. The molecule has 8 nitrogen and oxygen atoms in total. The Hall–Kier alpha value is -1.48. The summed E-state index contributed by atoms with van der Waals surface area (Å²) < 4.78 is 2.14. The minimum Gasteiger partial charge on any atom is -0.390 e. The predicted molar refractivity (Wildman–Crippen MR) is 127 cm³/mol. The Morgan fingerprint density at radius 1 is 1.03 bits per heavy atom. The van der Waals surface area contributed by atoms with Crippen molar-refractivity contribution in [1.82, 2.24) is 29.3 Å². The van der Waals surface area contributed by atoms with Crippen LogP contribution in [0.15, 0.2) is 12.7 Å². The van der Waals surface area contributed by atoms with Gasteiger partial charge in [-0.05, 0) is 52.5 Å². The summed E-state index contributed by atoms with van der Waals surface area (Å²) in [7, 11) is 0. The lowest BCUT2D eigenvalue weighted by Gasteiger charge is -2.22. The van der Waals surface area contributed by atoms with Crippen molar-refractivity contribution >= 4 is 29.4 Å². The zero-order valence-corrected chi connectivity index (χ0v) is 20.0. The molecule has 2 unspecified atom stereocenters. The normalized spacial score (nSPS) is 13.6. The zero-order valence-electron chi connectivity index (χ0n) is 19.2. The van der Waals surface area contributed by atoms with Gasteiger partial charge in [0.05, 0.1) is 12.4 Å². The number of aliphatic hydroxyl groups excluding tert-OH is 1. The number of hydrogen-bond donors (Lipinski definition) is 2. The Kier molecular flexibility index (Phi) is 12.2. The van der Waals surface area contributed by atoms with Crippen molar-refractivity contribution in [1.29, 1.82) is 0 Å². The molecule has 2 atom stereocenters. The Morgan fingerprint density at radius 2 is 1.70 bits per heavy atom. The van der Waals surface area contributed by atoms with Crippen molar-refractivity contribution < 1.29 is 5.11 Å². The quantitative estimate of drug-likeness (QED) is 0.466. The van der Waals surface area contributed by atoms with E-state index in [0.29, 0.717) is 24.9 Å². The fraction of sp³-hybridized carbons (Fsp3) is 0.762.